The molecule has 1 amide bonds. The number of hydrogen-bond acceptors (Lipinski definition) is 4. The summed E-state index contributed by atoms with van der Waals surface area (Å²) in [6, 6.07) is 5.45. The van der Waals surface area contributed by atoms with Gasteiger partial charge in [-0.05, 0) is 18.2 Å². The van der Waals surface area contributed by atoms with Crippen LogP contribution in [0.2, 0.25) is 10.0 Å². The normalized spacial score (nSPS) is 11.2. The second-order valence-electron chi connectivity index (χ2n) is 4.74. The summed E-state index contributed by atoms with van der Waals surface area (Å²) in [5.41, 5.74) is -0.863. The van der Waals surface area contributed by atoms with Crippen molar-refractivity contribution in [3.05, 3.63) is 46.2 Å². The molecule has 0 unspecified atom stereocenters. The number of carbonyl (C=O) groups is 1. The summed E-state index contributed by atoms with van der Waals surface area (Å²) >= 11 is 11.9. The summed E-state index contributed by atoms with van der Waals surface area (Å²) in [5, 5.41) is 2.99. The highest BCUT2D eigenvalue weighted by Gasteiger charge is 2.33. The SMILES string of the molecule is CN(CC(=O)Nc1c(Cl)cccc1Cl)c1nccc(C(F)(F)F)n1. The summed E-state index contributed by atoms with van der Waals surface area (Å²) in [4.78, 5) is 20.3. The van der Waals surface area contributed by atoms with Gasteiger partial charge in [0.05, 0.1) is 22.3 Å². The first kappa shape index (κ1) is 18.3. The molecule has 1 aromatic heterocycles. The van der Waals surface area contributed by atoms with Crippen molar-refractivity contribution in [3.8, 4) is 0 Å². The number of halogens is 5. The molecule has 0 aliphatic heterocycles. The van der Waals surface area contributed by atoms with E-state index in [2.05, 4.69) is 15.3 Å². The number of nitrogens with zero attached hydrogens (tertiary/aromatic N) is 3. The van der Waals surface area contributed by atoms with E-state index >= 15 is 0 Å². The number of rotatable bonds is 4. The quantitative estimate of drug-likeness (QED) is 0.876. The van der Waals surface area contributed by atoms with E-state index in [1.807, 2.05) is 0 Å². The Morgan fingerprint density at radius 2 is 1.88 bits per heavy atom. The Bertz CT molecular complexity index is 735. The van der Waals surface area contributed by atoms with Crippen LogP contribution in [0.5, 0.6) is 0 Å². The zero-order chi connectivity index (χ0) is 17.9. The molecule has 0 radical (unpaired) electrons. The number of anilines is 2. The van der Waals surface area contributed by atoms with Crippen LogP contribution in [0, 0.1) is 0 Å². The van der Waals surface area contributed by atoms with Crippen molar-refractivity contribution in [2.75, 3.05) is 23.8 Å². The summed E-state index contributed by atoms with van der Waals surface area (Å²) < 4.78 is 38.0. The second kappa shape index (κ2) is 7.23. The number of hydrogen-bond donors (Lipinski definition) is 1. The Kier molecular flexibility index (Phi) is 5.51. The van der Waals surface area contributed by atoms with Crippen LogP contribution in [0.3, 0.4) is 0 Å². The maximum absolute atomic E-state index is 12.7. The fourth-order valence-electron chi connectivity index (χ4n) is 1.77. The molecular weight excluding hydrogens is 368 g/mol. The lowest BCUT2D eigenvalue weighted by molar-refractivity contribution is -0.141. The largest absolute Gasteiger partial charge is 0.433 e. The second-order valence-corrected chi connectivity index (χ2v) is 5.55. The molecule has 0 atom stereocenters. The molecule has 0 aliphatic carbocycles. The third-order valence-electron chi connectivity index (χ3n) is 2.88. The Balaban J connectivity index is 2.09. The average molecular weight is 379 g/mol. The molecule has 24 heavy (non-hydrogen) atoms. The van der Waals surface area contributed by atoms with Gasteiger partial charge in [0.1, 0.15) is 5.69 Å². The average Bonchev–Trinajstić information content (AvgIpc) is 2.50. The topological polar surface area (TPSA) is 58.1 Å². The van der Waals surface area contributed by atoms with Gasteiger partial charge in [0.15, 0.2) is 0 Å². The van der Waals surface area contributed by atoms with Crippen LogP contribution in [0.15, 0.2) is 30.5 Å². The minimum atomic E-state index is -4.59. The van der Waals surface area contributed by atoms with Gasteiger partial charge >= 0.3 is 6.18 Å². The first-order valence-electron chi connectivity index (χ1n) is 6.53. The van der Waals surface area contributed by atoms with Crippen molar-refractivity contribution >= 4 is 40.7 Å². The van der Waals surface area contributed by atoms with Crippen molar-refractivity contribution in [1.82, 2.24) is 9.97 Å². The minimum Gasteiger partial charge on any atom is -0.335 e. The molecule has 2 aromatic rings. The molecule has 5 nitrogen and oxygen atoms in total. The number of aromatic nitrogens is 2. The van der Waals surface area contributed by atoms with E-state index in [1.54, 1.807) is 18.2 Å². The number of likely N-dealkylation sites (N-methyl/N-ethyl adjacent to an activating group) is 1. The fourth-order valence-corrected chi connectivity index (χ4v) is 2.26. The highest BCUT2D eigenvalue weighted by Crippen LogP contribution is 2.30. The predicted octanol–water partition coefficient (Wildman–Crippen LogP) is 3.88. The number of alkyl halides is 3. The first-order valence-corrected chi connectivity index (χ1v) is 7.29. The fraction of sp³-hybridized carbons (Fsp3) is 0.214. The van der Waals surface area contributed by atoms with E-state index in [-0.39, 0.29) is 28.2 Å². The molecule has 0 saturated carbocycles. The van der Waals surface area contributed by atoms with E-state index in [1.165, 1.54) is 11.9 Å². The van der Waals surface area contributed by atoms with Crippen molar-refractivity contribution in [2.45, 2.75) is 6.18 Å². The van der Waals surface area contributed by atoms with E-state index in [0.717, 1.165) is 12.3 Å². The molecule has 0 fully saturated rings. The highest BCUT2D eigenvalue weighted by molar-refractivity contribution is 6.39. The predicted molar refractivity (Wildman–Crippen MR) is 85.4 cm³/mol. The summed E-state index contributed by atoms with van der Waals surface area (Å²) in [5.74, 6) is -0.765. The number of nitrogens with one attached hydrogen (secondary N) is 1. The van der Waals surface area contributed by atoms with Crippen LogP contribution >= 0.6 is 23.2 Å². The third-order valence-corrected chi connectivity index (χ3v) is 3.51. The lowest BCUT2D eigenvalue weighted by Gasteiger charge is -2.18. The Hall–Kier alpha value is -2.06. The van der Waals surface area contributed by atoms with Crippen LogP contribution in [-0.4, -0.2) is 29.5 Å². The standard InChI is InChI=1S/C14H11Cl2F3N4O/c1-23(13-20-6-5-10(21-13)14(17,18)19)7-11(24)22-12-8(15)3-2-4-9(12)16/h2-6H,7H2,1H3,(H,22,24). The number of carbonyl (C=O) groups excluding carboxylic acids is 1. The summed E-state index contributed by atoms with van der Waals surface area (Å²) in [7, 11) is 1.39. The van der Waals surface area contributed by atoms with Crippen LogP contribution in [-0.2, 0) is 11.0 Å². The lowest BCUT2D eigenvalue weighted by Crippen LogP contribution is -2.31. The Morgan fingerprint density at radius 3 is 2.46 bits per heavy atom. The van der Waals surface area contributed by atoms with Crippen LogP contribution in [0.25, 0.3) is 0 Å². The van der Waals surface area contributed by atoms with Gasteiger partial charge in [-0.1, -0.05) is 29.3 Å². The molecule has 0 aliphatic rings. The first-order chi connectivity index (χ1) is 11.2. The van der Waals surface area contributed by atoms with Gasteiger partial charge in [-0.3, -0.25) is 4.79 Å². The van der Waals surface area contributed by atoms with Gasteiger partial charge in [-0.2, -0.15) is 13.2 Å². The molecule has 0 bridgehead atoms. The Labute approximate surface area is 145 Å². The van der Waals surface area contributed by atoms with Gasteiger partial charge < -0.3 is 10.2 Å². The molecule has 1 N–H and O–H groups in total. The molecule has 128 valence electrons. The van der Waals surface area contributed by atoms with Crippen molar-refractivity contribution in [1.29, 1.82) is 0 Å². The number of benzene rings is 1. The number of amides is 1. The monoisotopic (exact) mass is 378 g/mol. The minimum absolute atomic E-state index is 0.226. The zero-order valence-corrected chi connectivity index (χ0v) is 13.7. The molecule has 2 rings (SSSR count). The van der Waals surface area contributed by atoms with E-state index < -0.39 is 17.8 Å². The van der Waals surface area contributed by atoms with Gasteiger partial charge in [0.25, 0.3) is 0 Å². The third kappa shape index (κ3) is 4.48. The van der Waals surface area contributed by atoms with E-state index in [4.69, 9.17) is 23.2 Å². The van der Waals surface area contributed by atoms with Crippen LogP contribution in [0.4, 0.5) is 24.8 Å². The highest BCUT2D eigenvalue weighted by atomic mass is 35.5. The molecule has 10 heteroatoms. The van der Waals surface area contributed by atoms with Gasteiger partial charge in [-0.25, -0.2) is 9.97 Å². The molecular formula is C14H11Cl2F3N4O. The summed E-state index contributed by atoms with van der Waals surface area (Å²) in [6.07, 6.45) is -3.61. The van der Waals surface area contributed by atoms with Crippen molar-refractivity contribution in [3.63, 3.8) is 0 Å². The maximum atomic E-state index is 12.7. The molecule has 1 aromatic carbocycles. The molecule has 0 saturated heterocycles. The Morgan fingerprint density at radius 1 is 1.25 bits per heavy atom. The number of para-hydroxylation sites is 1. The molecule has 0 spiro atoms. The van der Waals surface area contributed by atoms with Gasteiger partial charge in [-0.15, -0.1) is 0 Å². The summed E-state index contributed by atoms with van der Waals surface area (Å²) in [6.45, 7) is -0.289. The van der Waals surface area contributed by atoms with Crippen molar-refractivity contribution < 1.29 is 18.0 Å². The molecule has 1 heterocycles. The maximum Gasteiger partial charge on any atom is 0.433 e. The van der Waals surface area contributed by atoms with Crippen molar-refractivity contribution in [2.24, 2.45) is 0 Å². The van der Waals surface area contributed by atoms with Gasteiger partial charge in [0, 0.05) is 13.2 Å². The van der Waals surface area contributed by atoms with E-state index in [9.17, 15) is 18.0 Å². The lowest BCUT2D eigenvalue weighted by atomic mass is 10.3. The van der Waals surface area contributed by atoms with Crippen LogP contribution < -0.4 is 10.2 Å². The smallest absolute Gasteiger partial charge is 0.335 e. The van der Waals surface area contributed by atoms with E-state index in [0.29, 0.717) is 0 Å². The van der Waals surface area contributed by atoms with Crippen LogP contribution in [0.1, 0.15) is 5.69 Å². The van der Waals surface area contributed by atoms with Gasteiger partial charge in [0.2, 0.25) is 11.9 Å². The zero-order valence-electron chi connectivity index (χ0n) is 12.2.